The Hall–Kier alpha value is -0.150. The molecule has 0 aliphatic carbocycles. The standard InChI is InChI=1S/C7H12Cl2N2O/c8-6(9)5-10-7(12)11-3-1-2-4-11/h6H,1-5H2,(H,10,12). The highest BCUT2D eigenvalue weighted by Gasteiger charge is 2.17. The van der Waals surface area contributed by atoms with Gasteiger partial charge in [-0.1, -0.05) is 0 Å². The van der Waals surface area contributed by atoms with Crippen LogP contribution in [0.2, 0.25) is 0 Å². The van der Waals surface area contributed by atoms with Crippen LogP contribution in [0.15, 0.2) is 0 Å². The summed E-state index contributed by atoms with van der Waals surface area (Å²) in [5, 5.41) is 2.65. The normalized spacial score (nSPS) is 17.1. The number of carbonyl (C=O) groups excluding carboxylic acids is 1. The topological polar surface area (TPSA) is 32.3 Å². The number of likely N-dealkylation sites (tertiary alicyclic amines) is 1. The first-order chi connectivity index (χ1) is 5.70. The van der Waals surface area contributed by atoms with E-state index in [1.165, 1.54) is 0 Å². The second-order valence-electron chi connectivity index (χ2n) is 2.77. The van der Waals surface area contributed by atoms with Gasteiger partial charge in [-0.05, 0) is 12.8 Å². The Balaban J connectivity index is 2.18. The Bertz CT molecular complexity index is 157. The van der Waals surface area contributed by atoms with Crippen LogP contribution in [0.25, 0.3) is 0 Å². The summed E-state index contributed by atoms with van der Waals surface area (Å²) < 4.78 is 0. The molecule has 1 aliphatic heterocycles. The molecule has 0 bridgehead atoms. The fraction of sp³-hybridized carbons (Fsp3) is 0.857. The molecular formula is C7H12Cl2N2O. The SMILES string of the molecule is O=C(NCC(Cl)Cl)N1CCCC1. The van der Waals surface area contributed by atoms with Crippen LogP contribution in [0, 0.1) is 0 Å². The van der Waals surface area contributed by atoms with Gasteiger partial charge >= 0.3 is 6.03 Å². The zero-order valence-electron chi connectivity index (χ0n) is 6.72. The first-order valence-corrected chi connectivity index (χ1v) is 4.88. The van der Waals surface area contributed by atoms with E-state index in [2.05, 4.69) is 5.32 Å². The van der Waals surface area contributed by atoms with Crippen molar-refractivity contribution < 1.29 is 4.79 Å². The van der Waals surface area contributed by atoms with E-state index in [1.807, 2.05) is 0 Å². The number of nitrogens with one attached hydrogen (secondary N) is 1. The minimum atomic E-state index is -0.517. The Labute approximate surface area is 82.0 Å². The summed E-state index contributed by atoms with van der Waals surface area (Å²) in [5.74, 6) is 0. The van der Waals surface area contributed by atoms with Crippen molar-refractivity contribution >= 4 is 29.2 Å². The molecule has 70 valence electrons. The van der Waals surface area contributed by atoms with E-state index in [9.17, 15) is 4.79 Å². The van der Waals surface area contributed by atoms with E-state index in [0.29, 0.717) is 6.54 Å². The molecule has 12 heavy (non-hydrogen) atoms. The van der Waals surface area contributed by atoms with Crippen LogP contribution < -0.4 is 5.32 Å². The van der Waals surface area contributed by atoms with Gasteiger partial charge in [-0.3, -0.25) is 0 Å². The number of hydrogen-bond donors (Lipinski definition) is 1. The second kappa shape index (κ2) is 4.77. The molecule has 1 saturated heterocycles. The summed E-state index contributed by atoms with van der Waals surface area (Å²) in [6.45, 7) is 2.01. The summed E-state index contributed by atoms with van der Waals surface area (Å²) in [6, 6.07) is -0.0567. The van der Waals surface area contributed by atoms with Crippen molar-refractivity contribution in [3.05, 3.63) is 0 Å². The lowest BCUT2D eigenvalue weighted by Gasteiger charge is -2.16. The van der Waals surface area contributed by atoms with Crippen molar-refractivity contribution in [3.63, 3.8) is 0 Å². The maximum atomic E-state index is 11.2. The summed E-state index contributed by atoms with van der Waals surface area (Å²) in [6.07, 6.45) is 2.19. The second-order valence-corrected chi connectivity index (χ2v) is 4.05. The first kappa shape index (κ1) is 9.93. The largest absolute Gasteiger partial charge is 0.335 e. The summed E-state index contributed by atoms with van der Waals surface area (Å²) in [4.78, 5) is 12.5. The molecule has 0 saturated carbocycles. The number of amides is 2. The van der Waals surface area contributed by atoms with Crippen molar-refractivity contribution in [1.29, 1.82) is 0 Å². The van der Waals surface area contributed by atoms with Gasteiger partial charge in [0.25, 0.3) is 0 Å². The van der Waals surface area contributed by atoms with Gasteiger partial charge in [-0.25, -0.2) is 4.79 Å². The lowest BCUT2D eigenvalue weighted by molar-refractivity contribution is 0.209. The van der Waals surface area contributed by atoms with Crippen molar-refractivity contribution in [3.8, 4) is 0 Å². The molecule has 0 radical (unpaired) electrons. The zero-order valence-corrected chi connectivity index (χ0v) is 8.24. The van der Waals surface area contributed by atoms with Gasteiger partial charge in [-0.15, -0.1) is 23.2 Å². The number of nitrogens with zero attached hydrogens (tertiary/aromatic N) is 1. The average molecular weight is 211 g/mol. The lowest BCUT2D eigenvalue weighted by atomic mass is 10.4. The van der Waals surface area contributed by atoms with Crippen LogP contribution in [0.5, 0.6) is 0 Å². The van der Waals surface area contributed by atoms with Crippen molar-refractivity contribution in [2.75, 3.05) is 19.6 Å². The number of halogens is 2. The maximum absolute atomic E-state index is 11.2. The Kier molecular flexibility index (Phi) is 3.95. The smallest absolute Gasteiger partial charge is 0.317 e. The fourth-order valence-corrected chi connectivity index (χ4v) is 1.35. The third-order valence-electron chi connectivity index (χ3n) is 1.80. The zero-order chi connectivity index (χ0) is 8.97. The van der Waals surface area contributed by atoms with Crippen LogP contribution in [-0.2, 0) is 0 Å². The Morgan fingerprint density at radius 1 is 1.42 bits per heavy atom. The Morgan fingerprint density at radius 2 is 2.00 bits per heavy atom. The molecule has 0 aromatic carbocycles. The van der Waals surface area contributed by atoms with E-state index >= 15 is 0 Å². The number of carbonyl (C=O) groups is 1. The van der Waals surface area contributed by atoms with Crippen molar-refractivity contribution in [2.24, 2.45) is 0 Å². The van der Waals surface area contributed by atoms with E-state index in [4.69, 9.17) is 23.2 Å². The molecule has 2 amide bonds. The van der Waals surface area contributed by atoms with E-state index in [-0.39, 0.29) is 6.03 Å². The fourth-order valence-electron chi connectivity index (χ4n) is 1.20. The third-order valence-corrected chi connectivity index (χ3v) is 2.11. The molecule has 1 aliphatic rings. The minimum absolute atomic E-state index is 0.0567. The van der Waals surface area contributed by atoms with Gasteiger partial charge in [0.2, 0.25) is 0 Å². The van der Waals surface area contributed by atoms with Crippen LogP contribution in [0.1, 0.15) is 12.8 Å². The number of hydrogen-bond acceptors (Lipinski definition) is 1. The summed E-state index contributed by atoms with van der Waals surface area (Å²) in [7, 11) is 0. The first-order valence-electron chi connectivity index (χ1n) is 4.01. The molecule has 0 aromatic heterocycles. The monoisotopic (exact) mass is 210 g/mol. The molecule has 0 spiro atoms. The van der Waals surface area contributed by atoms with Gasteiger partial charge < -0.3 is 10.2 Å². The van der Waals surface area contributed by atoms with Gasteiger partial charge in [0.1, 0.15) is 4.84 Å². The van der Waals surface area contributed by atoms with Crippen LogP contribution in [-0.4, -0.2) is 35.4 Å². The molecule has 1 N–H and O–H groups in total. The predicted octanol–water partition coefficient (Wildman–Crippen LogP) is 1.60. The maximum Gasteiger partial charge on any atom is 0.317 e. The quantitative estimate of drug-likeness (QED) is 0.691. The van der Waals surface area contributed by atoms with Crippen molar-refractivity contribution in [1.82, 2.24) is 10.2 Å². The summed E-state index contributed by atoms with van der Waals surface area (Å²) >= 11 is 10.9. The highest BCUT2D eigenvalue weighted by atomic mass is 35.5. The summed E-state index contributed by atoms with van der Waals surface area (Å²) in [5.41, 5.74) is 0. The molecular weight excluding hydrogens is 199 g/mol. The van der Waals surface area contributed by atoms with Gasteiger partial charge in [0, 0.05) is 19.6 Å². The molecule has 1 fully saturated rings. The molecule has 1 rings (SSSR count). The minimum Gasteiger partial charge on any atom is -0.335 e. The van der Waals surface area contributed by atoms with Crippen LogP contribution in [0.3, 0.4) is 0 Å². The average Bonchev–Trinajstić information content (AvgIpc) is 2.51. The predicted molar refractivity (Wildman–Crippen MR) is 49.7 cm³/mol. The van der Waals surface area contributed by atoms with E-state index in [1.54, 1.807) is 4.90 Å². The third kappa shape index (κ3) is 3.07. The van der Waals surface area contributed by atoms with Gasteiger partial charge in [0.15, 0.2) is 0 Å². The highest BCUT2D eigenvalue weighted by Crippen LogP contribution is 2.07. The van der Waals surface area contributed by atoms with E-state index < -0.39 is 4.84 Å². The molecule has 3 nitrogen and oxygen atoms in total. The molecule has 1 heterocycles. The van der Waals surface area contributed by atoms with E-state index in [0.717, 1.165) is 25.9 Å². The van der Waals surface area contributed by atoms with Crippen LogP contribution >= 0.6 is 23.2 Å². The molecule has 0 unspecified atom stereocenters. The van der Waals surface area contributed by atoms with Crippen LogP contribution in [0.4, 0.5) is 4.79 Å². The lowest BCUT2D eigenvalue weighted by Crippen LogP contribution is -2.39. The van der Waals surface area contributed by atoms with Gasteiger partial charge in [-0.2, -0.15) is 0 Å². The van der Waals surface area contributed by atoms with Crippen molar-refractivity contribution in [2.45, 2.75) is 17.7 Å². The number of rotatable bonds is 2. The molecule has 0 aromatic rings. The molecule has 5 heteroatoms. The molecule has 0 atom stereocenters. The number of alkyl halides is 2. The van der Waals surface area contributed by atoms with Gasteiger partial charge in [0.05, 0.1) is 0 Å². The Morgan fingerprint density at radius 3 is 2.50 bits per heavy atom. The highest BCUT2D eigenvalue weighted by molar-refractivity contribution is 6.44. The number of urea groups is 1.